The molecule has 2 aromatic heterocycles. The predicted molar refractivity (Wildman–Crippen MR) is 75.1 cm³/mol. The molecule has 0 aliphatic rings. The summed E-state index contributed by atoms with van der Waals surface area (Å²) in [5.41, 5.74) is 1.58. The van der Waals surface area contributed by atoms with E-state index < -0.39 is 5.97 Å². The highest BCUT2D eigenvalue weighted by molar-refractivity contribution is 7.13. The minimum atomic E-state index is -0.915. The Kier molecular flexibility index (Phi) is 3.30. The highest BCUT2D eigenvalue weighted by Gasteiger charge is 2.07. The van der Waals surface area contributed by atoms with E-state index in [9.17, 15) is 4.79 Å². The molecule has 0 unspecified atom stereocenters. The third-order valence-corrected chi connectivity index (χ3v) is 3.74. The molecular formula is C14H10N2O3S. The molecule has 5 nitrogen and oxygen atoms in total. The van der Waals surface area contributed by atoms with Gasteiger partial charge in [0.1, 0.15) is 17.2 Å². The van der Waals surface area contributed by atoms with Crippen LogP contribution in [0.3, 0.4) is 0 Å². The second-order valence-corrected chi connectivity index (χ2v) is 5.23. The van der Waals surface area contributed by atoms with Crippen molar-refractivity contribution in [3.63, 3.8) is 0 Å². The molecule has 6 heteroatoms. The van der Waals surface area contributed by atoms with E-state index in [4.69, 9.17) is 9.84 Å². The molecule has 0 atom stereocenters. The normalized spacial score (nSPS) is 10.6. The lowest BCUT2D eigenvalue weighted by atomic mass is 10.3. The van der Waals surface area contributed by atoms with Gasteiger partial charge in [0.15, 0.2) is 0 Å². The van der Waals surface area contributed by atoms with Crippen molar-refractivity contribution in [2.45, 2.75) is 6.61 Å². The van der Waals surface area contributed by atoms with Crippen LogP contribution in [-0.2, 0) is 6.61 Å². The maximum absolute atomic E-state index is 10.8. The van der Waals surface area contributed by atoms with E-state index in [0.717, 1.165) is 15.9 Å². The molecular weight excluding hydrogens is 276 g/mol. The summed E-state index contributed by atoms with van der Waals surface area (Å²) >= 11 is 1.21. The SMILES string of the molecule is O=C(O)c1ccc(COc2ccc3nccnc3c2)s1. The van der Waals surface area contributed by atoms with Gasteiger partial charge in [0.2, 0.25) is 0 Å². The molecule has 0 radical (unpaired) electrons. The van der Waals surface area contributed by atoms with Crippen molar-refractivity contribution < 1.29 is 14.6 Å². The Labute approximate surface area is 118 Å². The third-order valence-electron chi connectivity index (χ3n) is 2.69. The lowest BCUT2D eigenvalue weighted by Gasteiger charge is -2.05. The minimum absolute atomic E-state index is 0.313. The lowest BCUT2D eigenvalue weighted by molar-refractivity contribution is 0.0702. The van der Waals surface area contributed by atoms with Gasteiger partial charge < -0.3 is 9.84 Å². The van der Waals surface area contributed by atoms with Gasteiger partial charge in [-0.3, -0.25) is 9.97 Å². The molecule has 0 saturated heterocycles. The molecule has 3 rings (SSSR count). The molecule has 1 N–H and O–H groups in total. The first-order valence-electron chi connectivity index (χ1n) is 5.88. The van der Waals surface area contributed by atoms with Gasteiger partial charge in [-0.15, -0.1) is 11.3 Å². The van der Waals surface area contributed by atoms with Crippen LogP contribution in [0, 0.1) is 0 Å². The monoisotopic (exact) mass is 286 g/mol. The molecule has 20 heavy (non-hydrogen) atoms. The van der Waals surface area contributed by atoms with Gasteiger partial charge in [-0.25, -0.2) is 4.79 Å². The molecule has 3 aromatic rings. The van der Waals surface area contributed by atoms with E-state index in [0.29, 0.717) is 17.2 Å². The fourth-order valence-electron chi connectivity index (χ4n) is 1.76. The van der Waals surface area contributed by atoms with E-state index in [-0.39, 0.29) is 0 Å². The Morgan fingerprint density at radius 2 is 1.95 bits per heavy atom. The lowest BCUT2D eigenvalue weighted by Crippen LogP contribution is -1.93. The number of benzene rings is 1. The number of nitrogens with zero attached hydrogens (tertiary/aromatic N) is 2. The van der Waals surface area contributed by atoms with Crippen LogP contribution in [0.1, 0.15) is 14.5 Å². The number of aromatic nitrogens is 2. The van der Waals surface area contributed by atoms with Crippen LogP contribution in [0.5, 0.6) is 5.75 Å². The molecule has 0 saturated carbocycles. The van der Waals surface area contributed by atoms with Gasteiger partial charge in [-0.1, -0.05) is 0 Å². The number of ether oxygens (including phenoxy) is 1. The zero-order valence-electron chi connectivity index (χ0n) is 10.3. The number of thiophene rings is 1. The minimum Gasteiger partial charge on any atom is -0.488 e. The van der Waals surface area contributed by atoms with E-state index in [1.54, 1.807) is 24.5 Å². The van der Waals surface area contributed by atoms with Crippen LogP contribution in [0.15, 0.2) is 42.7 Å². The highest BCUT2D eigenvalue weighted by atomic mass is 32.1. The predicted octanol–water partition coefficient (Wildman–Crippen LogP) is 2.97. The van der Waals surface area contributed by atoms with Crippen LogP contribution < -0.4 is 4.74 Å². The second kappa shape index (κ2) is 5.26. The summed E-state index contributed by atoms with van der Waals surface area (Å²) in [6.45, 7) is 0.337. The summed E-state index contributed by atoms with van der Waals surface area (Å²) in [5.74, 6) is -0.231. The Morgan fingerprint density at radius 3 is 2.70 bits per heavy atom. The number of carboxylic acids is 1. The summed E-state index contributed by atoms with van der Waals surface area (Å²) in [7, 11) is 0. The Hall–Kier alpha value is -2.47. The highest BCUT2D eigenvalue weighted by Crippen LogP contribution is 2.21. The van der Waals surface area contributed by atoms with Crippen LogP contribution in [0.25, 0.3) is 11.0 Å². The van der Waals surface area contributed by atoms with Crippen molar-refractivity contribution >= 4 is 28.3 Å². The van der Waals surface area contributed by atoms with E-state index >= 15 is 0 Å². The van der Waals surface area contributed by atoms with Gasteiger partial charge in [0.05, 0.1) is 11.0 Å². The van der Waals surface area contributed by atoms with Gasteiger partial charge >= 0.3 is 5.97 Å². The topological polar surface area (TPSA) is 72.3 Å². The number of carbonyl (C=O) groups is 1. The molecule has 0 spiro atoms. The van der Waals surface area contributed by atoms with Crippen LogP contribution in [0.2, 0.25) is 0 Å². The maximum Gasteiger partial charge on any atom is 0.345 e. The molecule has 0 fully saturated rings. The van der Waals surface area contributed by atoms with E-state index in [2.05, 4.69) is 9.97 Å². The van der Waals surface area contributed by atoms with E-state index in [1.165, 1.54) is 11.3 Å². The van der Waals surface area contributed by atoms with Crippen molar-refractivity contribution in [3.8, 4) is 5.75 Å². The van der Waals surface area contributed by atoms with Crippen molar-refractivity contribution in [2.24, 2.45) is 0 Å². The molecule has 2 heterocycles. The molecule has 1 aromatic carbocycles. The Bertz CT molecular complexity index is 770. The van der Waals surface area contributed by atoms with Crippen molar-refractivity contribution in [1.82, 2.24) is 9.97 Å². The number of rotatable bonds is 4. The van der Waals surface area contributed by atoms with Gasteiger partial charge in [0.25, 0.3) is 0 Å². The van der Waals surface area contributed by atoms with Gasteiger partial charge in [-0.2, -0.15) is 0 Å². The fourth-order valence-corrected chi connectivity index (χ4v) is 2.52. The largest absolute Gasteiger partial charge is 0.488 e. The first-order valence-corrected chi connectivity index (χ1v) is 6.69. The second-order valence-electron chi connectivity index (χ2n) is 4.07. The zero-order valence-corrected chi connectivity index (χ0v) is 11.1. The third kappa shape index (κ3) is 2.60. The zero-order chi connectivity index (χ0) is 13.9. The summed E-state index contributed by atoms with van der Waals surface area (Å²) in [5, 5.41) is 8.86. The Morgan fingerprint density at radius 1 is 1.15 bits per heavy atom. The molecule has 100 valence electrons. The molecule has 0 aliphatic heterocycles. The number of fused-ring (bicyclic) bond motifs is 1. The average Bonchev–Trinajstić information content (AvgIpc) is 2.94. The first-order chi connectivity index (χ1) is 9.72. The van der Waals surface area contributed by atoms with Crippen molar-refractivity contribution in [2.75, 3.05) is 0 Å². The van der Waals surface area contributed by atoms with Crippen LogP contribution in [0.4, 0.5) is 0 Å². The Balaban J connectivity index is 1.74. The number of hydrogen-bond acceptors (Lipinski definition) is 5. The number of aromatic carboxylic acids is 1. The summed E-state index contributed by atoms with van der Waals surface area (Å²) < 4.78 is 5.64. The van der Waals surface area contributed by atoms with Crippen molar-refractivity contribution in [3.05, 3.63) is 52.5 Å². The van der Waals surface area contributed by atoms with Gasteiger partial charge in [0, 0.05) is 23.3 Å². The average molecular weight is 286 g/mol. The molecule has 0 aliphatic carbocycles. The maximum atomic E-state index is 10.8. The van der Waals surface area contributed by atoms with E-state index in [1.807, 2.05) is 18.2 Å². The quantitative estimate of drug-likeness (QED) is 0.798. The van der Waals surface area contributed by atoms with Gasteiger partial charge in [-0.05, 0) is 24.3 Å². The number of carboxylic acid groups (broad SMARTS) is 1. The first kappa shape index (κ1) is 12.6. The smallest absolute Gasteiger partial charge is 0.345 e. The summed E-state index contributed by atoms with van der Waals surface area (Å²) in [4.78, 5) is 20.4. The van der Waals surface area contributed by atoms with Crippen LogP contribution in [-0.4, -0.2) is 21.0 Å². The number of hydrogen-bond donors (Lipinski definition) is 1. The molecule has 0 bridgehead atoms. The molecule has 0 amide bonds. The summed E-state index contributed by atoms with van der Waals surface area (Å²) in [6, 6.07) is 8.82. The van der Waals surface area contributed by atoms with Crippen molar-refractivity contribution in [1.29, 1.82) is 0 Å². The van der Waals surface area contributed by atoms with Crippen LogP contribution >= 0.6 is 11.3 Å². The fraction of sp³-hybridized carbons (Fsp3) is 0.0714. The summed E-state index contributed by atoms with van der Waals surface area (Å²) in [6.07, 6.45) is 3.27. The standard InChI is InChI=1S/C14H10N2O3S/c17-14(18)13-4-2-10(20-13)8-19-9-1-3-11-12(7-9)16-6-5-15-11/h1-7H,8H2,(H,17,18).